The van der Waals surface area contributed by atoms with Crippen LogP contribution in [-0.4, -0.2) is 12.2 Å². The highest BCUT2D eigenvalue weighted by Gasteiger charge is 2.65. The standard InChI is InChI=1S/C27H44O/c1-17(2)9-12-23-18(3)25-24(28-23)16-22-20-11-10-19-8-6-7-14-26(19,4)21(20)13-15-27(22,25)5/h6-7,17-25H,8-16H2,1-5H3/t18-,19?,20-,21+,22+,23-,24+,25+,26+,27+/m1/s1. The van der Waals surface area contributed by atoms with Crippen molar-refractivity contribution in [1.29, 1.82) is 0 Å². The van der Waals surface area contributed by atoms with Crippen LogP contribution in [0.25, 0.3) is 0 Å². The molecule has 1 nitrogen and oxygen atoms in total. The highest BCUT2D eigenvalue weighted by molar-refractivity contribution is 5.15. The first-order valence-electron chi connectivity index (χ1n) is 12.6. The van der Waals surface area contributed by atoms with Gasteiger partial charge in [0.05, 0.1) is 12.2 Å². The van der Waals surface area contributed by atoms with E-state index in [9.17, 15) is 0 Å². The maximum Gasteiger partial charge on any atom is 0.0618 e. The number of hydrogen-bond donors (Lipinski definition) is 0. The topological polar surface area (TPSA) is 9.23 Å². The average Bonchev–Trinajstić information content (AvgIpc) is 3.13. The van der Waals surface area contributed by atoms with E-state index in [1.807, 2.05) is 0 Å². The minimum atomic E-state index is 0.532. The van der Waals surface area contributed by atoms with Gasteiger partial charge in [0, 0.05) is 0 Å². The Labute approximate surface area is 174 Å². The molecule has 28 heavy (non-hydrogen) atoms. The van der Waals surface area contributed by atoms with Gasteiger partial charge >= 0.3 is 0 Å². The van der Waals surface area contributed by atoms with Gasteiger partial charge in [0.25, 0.3) is 0 Å². The second kappa shape index (κ2) is 6.86. The van der Waals surface area contributed by atoms with Crippen LogP contribution in [0.4, 0.5) is 0 Å². The zero-order valence-electron chi connectivity index (χ0n) is 19.1. The van der Waals surface area contributed by atoms with Crippen LogP contribution in [0.5, 0.6) is 0 Å². The zero-order chi connectivity index (χ0) is 19.7. The van der Waals surface area contributed by atoms with Crippen LogP contribution in [0.15, 0.2) is 12.2 Å². The lowest BCUT2D eigenvalue weighted by Gasteiger charge is -2.60. The van der Waals surface area contributed by atoms with Gasteiger partial charge in [0.2, 0.25) is 0 Å². The number of hydrogen-bond acceptors (Lipinski definition) is 1. The Morgan fingerprint density at radius 2 is 1.86 bits per heavy atom. The minimum Gasteiger partial charge on any atom is -0.374 e. The molecule has 5 aliphatic rings. The molecule has 0 radical (unpaired) electrons. The van der Waals surface area contributed by atoms with Crippen molar-refractivity contribution in [3.8, 4) is 0 Å². The van der Waals surface area contributed by atoms with E-state index in [1.54, 1.807) is 0 Å². The molecule has 5 rings (SSSR count). The highest BCUT2D eigenvalue weighted by atomic mass is 16.5. The lowest BCUT2D eigenvalue weighted by Crippen LogP contribution is -2.52. The van der Waals surface area contributed by atoms with Crippen LogP contribution in [-0.2, 0) is 4.74 Å². The molecule has 10 atom stereocenters. The molecule has 1 aliphatic heterocycles. The molecule has 0 aromatic rings. The summed E-state index contributed by atoms with van der Waals surface area (Å²) in [4.78, 5) is 0. The van der Waals surface area contributed by atoms with Crippen LogP contribution < -0.4 is 0 Å². The van der Waals surface area contributed by atoms with Gasteiger partial charge < -0.3 is 4.74 Å². The largest absolute Gasteiger partial charge is 0.374 e. The van der Waals surface area contributed by atoms with E-state index in [2.05, 4.69) is 46.8 Å². The Morgan fingerprint density at radius 1 is 1.04 bits per heavy atom. The van der Waals surface area contributed by atoms with Gasteiger partial charge in [0.1, 0.15) is 0 Å². The number of rotatable bonds is 3. The molecule has 4 aliphatic carbocycles. The summed E-state index contributed by atoms with van der Waals surface area (Å²) in [5.74, 6) is 6.22. The minimum absolute atomic E-state index is 0.532. The summed E-state index contributed by atoms with van der Waals surface area (Å²) >= 11 is 0. The second-order valence-corrected chi connectivity index (χ2v) is 12.4. The third-order valence-electron chi connectivity index (χ3n) is 10.8. The highest BCUT2D eigenvalue weighted by Crippen LogP contribution is 2.69. The van der Waals surface area contributed by atoms with Crippen molar-refractivity contribution in [1.82, 2.24) is 0 Å². The summed E-state index contributed by atoms with van der Waals surface area (Å²) in [5.41, 5.74) is 1.13. The molecule has 1 heterocycles. The van der Waals surface area contributed by atoms with Gasteiger partial charge in [-0.2, -0.15) is 0 Å². The SMILES string of the molecule is CC(C)CC[C@H]1O[C@H]2C[C@H]3[C@@H]4CCC5CC=CC[C@]5(C)[C@H]4CC[C@]3(C)[C@H]2[C@@H]1C. The first kappa shape index (κ1) is 19.7. The predicted molar refractivity (Wildman–Crippen MR) is 117 cm³/mol. The fourth-order valence-electron chi connectivity index (χ4n) is 9.35. The smallest absolute Gasteiger partial charge is 0.0618 e. The number of fused-ring (bicyclic) bond motifs is 7. The molecule has 158 valence electrons. The molecule has 4 fully saturated rings. The first-order chi connectivity index (χ1) is 13.3. The molecule has 3 saturated carbocycles. The van der Waals surface area contributed by atoms with Crippen LogP contribution in [0.2, 0.25) is 0 Å². The molecule has 1 heteroatoms. The van der Waals surface area contributed by atoms with Crippen molar-refractivity contribution >= 4 is 0 Å². The number of allylic oxidation sites excluding steroid dienone is 2. The summed E-state index contributed by atoms with van der Waals surface area (Å²) < 4.78 is 6.81. The summed E-state index contributed by atoms with van der Waals surface area (Å²) in [6.07, 6.45) is 18.7. The molecular formula is C27H44O. The average molecular weight is 385 g/mol. The van der Waals surface area contributed by atoms with E-state index in [1.165, 1.54) is 57.8 Å². The molecule has 0 aromatic heterocycles. The predicted octanol–water partition coefficient (Wildman–Crippen LogP) is 7.26. The second-order valence-electron chi connectivity index (χ2n) is 12.4. The molecule has 0 amide bonds. The Balaban J connectivity index is 1.36. The van der Waals surface area contributed by atoms with Gasteiger partial charge in [-0.25, -0.2) is 0 Å². The van der Waals surface area contributed by atoms with E-state index in [0.717, 1.165) is 41.4 Å². The fraction of sp³-hybridized carbons (Fsp3) is 0.926. The normalized spacial score (nSPS) is 54.9. The Kier molecular flexibility index (Phi) is 4.81. The molecule has 1 unspecified atom stereocenters. The van der Waals surface area contributed by atoms with Gasteiger partial charge in [-0.1, -0.05) is 46.8 Å². The molecule has 0 N–H and O–H groups in total. The van der Waals surface area contributed by atoms with Crippen molar-refractivity contribution in [2.75, 3.05) is 0 Å². The molecule has 0 aromatic carbocycles. The molecular weight excluding hydrogens is 340 g/mol. The van der Waals surface area contributed by atoms with E-state index in [4.69, 9.17) is 4.74 Å². The van der Waals surface area contributed by atoms with Crippen molar-refractivity contribution in [2.24, 2.45) is 52.3 Å². The lowest BCUT2D eigenvalue weighted by molar-refractivity contribution is -0.102. The quantitative estimate of drug-likeness (QED) is 0.465. The molecule has 0 spiro atoms. The third-order valence-corrected chi connectivity index (χ3v) is 10.8. The van der Waals surface area contributed by atoms with Crippen molar-refractivity contribution in [2.45, 2.75) is 105 Å². The summed E-state index contributed by atoms with van der Waals surface area (Å²) in [6.45, 7) is 12.6. The molecule has 1 saturated heterocycles. The van der Waals surface area contributed by atoms with Gasteiger partial charge in [-0.15, -0.1) is 0 Å². The van der Waals surface area contributed by atoms with E-state index >= 15 is 0 Å². The monoisotopic (exact) mass is 384 g/mol. The molecule has 0 bridgehead atoms. The Hall–Kier alpha value is -0.300. The van der Waals surface area contributed by atoms with Crippen molar-refractivity contribution < 1.29 is 4.74 Å². The summed E-state index contributed by atoms with van der Waals surface area (Å²) in [6, 6.07) is 0. The third kappa shape index (κ3) is 2.74. The maximum absolute atomic E-state index is 6.81. The van der Waals surface area contributed by atoms with Crippen molar-refractivity contribution in [3.63, 3.8) is 0 Å². The van der Waals surface area contributed by atoms with Gasteiger partial charge in [-0.05, 0) is 110 Å². The van der Waals surface area contributed by atoms with Crippen molar-refractivity contribution in [3.05, 3.63) is 12.2 Å². The van der Waals surface area contributed by atoms with Crippen LogP contribution >= 0.6 is 0 Å². The van der Waals surface area contributed by atoms with Gasteiger partial charge in [-0.3, -0.25) is 0 Å². The fourth-order valence-corrected chi connectivity index (χ4v) is 9.35. The lowest BCUT2D eigenvalue weighted by atomic mass is 9.45. The Morgan fingerprint density at radius 3 is 2.64 bits per heavy atom. The first-order valence-corrected chi connectivity index (χ1v) is 12.6. The van der Waals surface area contributed by atoms with Crippen LogP contribution in [0.1, 0.15) is 92.4 Å². The van der Waals surface area contributed by atoms with E-state index < -0.39 is 0 Å². The Bertz CT molecular complexity index is 622. The summed E-state index contributed by atoms with van der Waals surface area (Å²) in [7, 11) is 0. The maximum atomic E-state index is 6.81. The van der Waals surface area contributed by atoms with E-state index in [-0.39, 0.29) is 0 Å². The van der Waals surface area contributed by atoms with Crippen LogP contribution in [0, 0.1) is 52.3 Å². The number of ether oxygens (including phenoxy) is 1. The van der Waals surface area contributed by atoms with Gasteiger partial charge in [0.15, 0.2) is 0 Å². The summed E-state index contributed by atoms with van der Waals surface area (Å²) in [5, 5.41) is 0. The zero-order valence-corrected chi connectivity index (χ0v) is 19.1. The van der Waals surface area contributed by atoms with Crippen LogP contribution in [0.3, 0.4) is 0 Å². The van der Waals surface area contributed by atoms with E-state index in [0.29, 0.717) is 23.0 Å².